The van der Waals surface area contributed by atoms with Crippen molar-refractivity contribution >= 4 is 34.1 Å². The van der Waals surface area contributed by atoms with E-state index in [-0.39, 0.29) is 5.91 Å². The van der Waals surface area contributed by atoms with Crippen molar-refractivity contribution in [2.45, 2.75) is 6.54 Å². The molecule has 0 saturated carbocycles. The van der Waals surface area contributed by atoms with Gasteiger partial charge in [0.05, 0.1) is 23.8 Å². The Kier molecular flexibility index (Phi) is 5.46. The highest BCUT2D eigenvalue weighted by molar-refractivity contribution is 6.33. The van der Waals surface area contributed by atoms with Gasteiger partial charge in [0, 0.05) is 32.9 Å². The van der Waals surface area contributed by atoms with E-state index in [0.29, 0.717) is 49.3 Å². The number of nitrogens with zero attached hydrogens (tertiary/aromatic N) is 3. The standard InChI is InChI=1S/C22H22ClN3O2/c1-25(15-17-7-4-6-16-5-2-3-8-19(16)17)21-20(23)13-18(14-24-21)22(27)26-9-11-28-12-10-26/h2-8,13-14H,9-12,15H2,1H3. The number of morpholine rings is 1. The van der Waals surface area contributed by atoms with Crippen LogP contribution in [0.15, 0.2) is 54.7 Å². The van der Waals surface area contributed by atoms with Crippen molar-refractivity contribution in [3.05, 3.63) is 70.9 Å². The average molecular weight is 396 g/mol. The largest absolute Gasteiger partial charge is 0.378 e. The second-order valence-electron chi connectivity index (χ2n) is 6.93. The summed E-state index contributed by atoms with van der Waals surface area (Å²) in [5, 5.41) is 2.90. The molecule has 0 bridgehead atoms. The predicted molar refractivity (Wildman–Crippen MR) is 112 cm³/mol. The van der Waals surface area contributed by atoms with E-state index in [1.165, 1.54) is 16.3 Å². The van der Waals surface area contributed by atoms with Gasteiger partial charge in [-0.3, -0.25) is 4.79 Å². The number of benzene rings is 2. The van der Waals surface area contributed by atoms with Gasteiger partial charge in [-0.05, 0) is 22.4 Å². The number of rotatable bonds is 4. The molecule has 6 heteroatoms. The average Bonchev–Trinajstić information content (AvgIpc) is 2.74. The smallest absolute Gasteiger partial charge is 0.255 e. The molecule has 3 aromatic rings. The van der Waals surface area contributed by atoms with Crippen LogP contribution < -0.4 is 4.90 Å². The number of fused-ring (bicyclic) bond motifs is 1. The number of hydrogen-bond donors (Lipinski definition) is 0. The SMILES string of the molecule is CN(Cc1cccc2ccccc12)c1ncc(C(=O)N2CCOCC2)cc1Cl. The third kappa shape index (κ3) is 3.81. The minimum atomic E-state index is -0.0547. The fourth-order valence-electron chi connectivity index (χ4n) is 3.54. The Balaban J connectivity index is 1.54. The van der Waals surface area contributed by atoms with Crippen molar-refractivity contribution in [2.75, 3.05) is 38.3 Å². The number of carbonyl (C=O) groups excluding carboxylic acids is 1. The van der Waals surface area contributed by atoms with Crippen molar-refractivity contribution < 1.29 is 9.53 Å². The van der Waals surface area contributed by atoms with Gasteiger partial charge in [-0.15, -0.1) is 0 Å². The molecule has 1 aliphatic heterocycles. The molecular formula is C22H22ClN3O2. The van der Waals surface area contributed by atoms with Crippen LogP contribution in [0.1, 0.15) is 15.9 Å². The summed E-state index contributed by atoms with van der Waals surface area (Å²) in [6.45, 7) is 3.00. The topological polar surface area (TPSA) is 45.7 Å². The van der Waals surface area contributed by atoms with Gasteiger partial charge < -0.3 is 14.5 Å². The summed E-state index contributed by atoms with van der Waals surface area (Å²) in [5.74, 6) is 0.606. The van der Waals surface area contributed by atoms with Gasteiger partial charge in [-0.2, -0.15) is 0 Å². The Hall–Kier alpha value is -2.63. The lowest BCUT2D eigenvalue weighted by molar-refractivity contribution is 0.0302. The van der Waals surface area contributed by atoms with Crippen LogP contribution >= 0.6 is 11.6 Å². The van der Waals surface area contributed by atoms with Gasteiger partial charge in [0.15, 0.2) is 0 Å². The molecule has 4 rings (SSSR count). The molecule has 0 spiro atoms. The van der Waals surface area contributed by atoms with E-state index in [1.54, 1.807) is 17.2 Å². The van der Waals surface area contributed by atoms with Crippen LogP contribution in [0.4, 0.5) is 5.82 Å². The summed E-state index contributed by atoms with van der Waals surface area (Å²) in [7, 11) is 1.96. The summed E-state index contributed by atoms with van der Waals surface area (Å²) < 4.78 is 5.30. The van der Waals surface area contributed by atoms with Crippen molar-refractivity contribution in [3.8, 4) is 0 Å². The molecule has 2 heterocycles. The number of hydrogen-bond acceptors (Lipinski definition) is 4. The number of pyridine rings is 1. The highest BCUT2D eigenvalue weighted by Crippen LogP contribution is 2.27. The summed E-state index contributed by atoms with van der Waals surface area (Å²) >= 11 is 6.49. The second-order valence-corrected chi connectivity index (χ2v) is 7.34. The Morgan fingerprint density at radius 2 is 1.93 bits per heavy atom. The monoisotopic (exact) mass is 395 g/mol. The molecule has 1 fully saturated rings. The molecular weight excluding hydrogens is 374 g/mol. The van der Waals surface area contributed by atoms with Crippen LogP contribution in [0.2, 0.25) is 5.02 Å². The van der Waals surface area contributed by atoms with Crippen molar-refractivity contribution in [3.63, 3.8) is 0 Å². The van der Waals surface area contributed by atoms with E-state index in [2.05, 4.69) is 35.3 Å². The van der Waals surface area contributed by atoms with E-state index < -0.39 is 0 Å². The number of halogens is 1. The Morgan fingerprint density at radius 3 is 2.71 bits per heavy atom. The molecule has 0 N–H and O–H groups in total. The van der Waals surface area contributed by atoms with Crippen LogP contribution in [0.25, 0.3) is 10.8 Å². The number of anilines is 1. The summed E-state index contributed by atoms with van der Waals surface area (Å²) in [6, 6.07) is 16.3. The maximum Gasteiger partial charge on any atom is 0.255 e. The maximum absolute atomic E-state index is 12.6. The van der Waals surface area contributed by atoms with Crippen LogP contribution in [-0.2, 0) is 11.3 Å². The number of carbonyl (C=O) groups is 1. The molecule has 0 radical (unpaired) electrons. The van der Waals surface area contributed by atoms with Gasteiger partial charge in [0.2, 0.25) is 0 Å². The molecule has 0 aliphatic carbocycles. The van der Waals surface area contributed by atoms with Crippen LogP contribution in [-0.4, -0.2) is 49.1 Å². The Morgan fingerprint density at radius 1 is 1.18 bits per heavy atom. The number of amides is 1. The van der Waals surface area contributed by atoms with E-state index >= 15 is 0 Å². The molecule has 2 aromatic carbocycles. The Labute approximate surface area is 169 Å². The minimum Gasteiger partial charge on any atom is -0.378 e. The lowest BCUT2D eigenvalue weighted by Gasteiger charge is -2.27. The number of ether oxygens (including phenoxy) is 1. The molecule has 1 saturated heterocycles. The van der Waals surface area contributed by atoms with Crippen LogP contribution in [0.5, 0.6) is 0 Å². The van der Waals surface area contributed by atoms with Crippen LogP contribution in [0.3, 0.4) is 0 Å². The molecule has 0 atom stereocenters. The molecule has 0 unspecified atom stereocenters. The molecule has 144 valence electrons. The lowest BCUT2D eigenvalue weighted by atomic mass is 10.0. The molecule has 28 heavy (non-hydrogen) atoms. The quantitative estimate of drug-likeness (QED) is 0.670. The van der Waals surface area contributed by atoms with E-state index in [9.17, 15) is 4.79 Å². The van der Waals surface area contributed by atoms with Crippen molar-refractivity contribution in [1.82, 2.24) is 9.88 Å². The minimum absolute atomic E-state index is 0.0547. The third-order valence-corrected chi connectivity index (χ3v) is 5.29. The van der Waals surface area contributed by atoms with Gasteiger partial charge in [-0.1, -0.05) is 54.1 Å². The first-order valence-electron chi connectivity index (χ1n) is 9.34. The van der Waals surface area contributed by atoms with Gasteiger partial charge in [0.25, 0.3) is 5.91 Å². The zero-order chi connectivity index (χ0) is 19.5. The predicted octanol–water partition coefficient (Wildman–Crippen LogP) is 4.00. The third-order valence-electron chi connectivity index (χ3n) is 5.02. The fourth-order valence-corrected chi connectivity index (χ4v) is 3.85. The fraction of sp³-hybridized carbons (Fsp3) is 0.273. The second kappa shape index (κ2) is 8.17. The molecule has 1 aliphatic rings. The zero-order valence-corrected chi connectivity index (χ0v) is 16.5. The van der Waals surface area contributed by atoms with E-state index in [0.717, 1.165) is 0 Å². The Bertz CT molecular complexity index is 997. The lowest BCUT2D eigenvalue weighted by Crippen LogP contribution is -2.40. The van der Waals surface area contributed by atoms with E-state index in [1.807, 2.05) is 24.1 Å². The van der Waals surface area contributed by atoms with Crippen LogP contribution in [0, 0.1) is 0 Å². The highest BCUT2D eigenvalue weighted by Gasteiger charge is 2.20. The van der Waals surface area contributed by atoms with Gasteiger partial charge in [-0.25, -0.2) is 4.98 Å². The summed E-state index contributed by atoms with van der Waals surface area (Å²) in [6.07, 6.45) is 1.61. The summed E-state index contributed by atoms with van der Waals surface area (Å²) in [5.41, 5.74) is 1.71. The molecule has 1 aromatic heterocycles. The first-order chi connectivity index (χ1) is 13.6. The normalized spacial score (nSPS) is 14.3. The van der Waals surface area contributed by atoms with Gasteiger partial charge in [0.1, 0.15) is 5.82 Å². The molecule has 1 amide bonds. The molecule has 5 nitrogen and oxygen atoms in total. The maximum atomic E-state index is 12.6. The first-order valence-corrected chi connectivity index (χ1v) is 9.71. The van der Waals surface area contributed by atoms with Crippen molar-refractivity contribution in [1.29, 1.82) is 0 Å². The van der Waals surface area contributed by atoms with E-state index in [4.69, 9.17) is 16.3 Å². The zero-order valence-electron chi connectivity index (χ0n) is 15.8. The van der Waals surface area contributed by atoms with Gasteiger partial charge >= 0.3 is 0 Å². The number of aromatic nitrogens is 1. The summed E-state index contributed by atoms with van der Waals surface area (Å²) in [4.78, 5) is 20.9. The highest BCUT2D eigenvalue weighted by atomic mass is 35.5. The van der Waals surface area contributed by atoms with Crippen molar-refractivity contribution in [2.24, 2.45) is 0 Å². The first kappa shape index (κ1) is 18.7.